The second-order valence-corrected chi connectivity index (χ2v) is 7.83. The molecule has 3 aromatic rings. The van der Waals surface area contributed by atoms with Crippen molar-refractivity contribution in [1.29, 1.82) is 0 Å². The highest BCUT2D eigenvalue weighted by Crippen LogP contribution is 2.35. The van der Waals surface area contributed by atoms with Crippen LogP contribution in [0, 0.1) is 5.82 Å². The number of anilines is 2. The molecular formula is C23H24ClFN6O. The number of hydrogen-bond donors (Lipinski definition) is 3. The lowest BCUT2D eigenvalue weighted by Gasteiger charge is -2.25. The van der Waals surface area contributed by atoms with E-state index in [1.807, 2.05) is 12.1 Å². The Morgan fingerprint density at radius 1 is 1.28 bits per heavy atom. The third-order valence-electron chi connectivity index (χ3n) is 5.26. The topological polar surface area (TPSA) is 97.5 Å². The third-order valence-corrected chi connectivity index (χ3v) is 5.55. The van der Waals surface area contributed by atoms with Gasteiger partial charge in [-0.3, -0.25) is 4.99 Å². The van der Waals surface area contributed by atoms with Gasteiger partial charge in [0.25, 0.3) is 0 Å². The first-order valence-electron chi connectivity index (χ1n) is 10.3. The van der Waals surface area contributed by atoms with Crippen molar-refractivity contribution in [1.82, 2.24) is 15.3 Å². The highest BCUT2D eigenvalue weighted by atomic mass is 35.5. The molecule has 1 saturated heterocycles. The van der Waals surface area contributed by atoms with Crippen LogP contribution < -0.4 is 21.1 Å². The molecule has 4 rings (SSSR count). The fourth-order valence-corrected chi connectivity index (χ4v) is 3.83. The first-order chi connectivity index (χ1) is 15.6. The second kappa shape index (κ2) is 9.93. The second-order valence-electron chi connectivity index (χ2n) is 7.42. The van der Waals surface area contributed by atoms with E-state index in [4.69, 9.17) is 22.1 Å². The number of piperidine rings is 1. The van der Waals surface area contributed by atoms with Crippen molar-refractivity contribution < 1.29 is 9.13 Å². The van der Waals surface area contributed by atoms with E-state index in [0.717, 1.165) is 42.5 Å². The summed E-state index contributed by atoms with van der Waals surface area (Å²) in [6, 6.07) is 8.24. The van der Waals surface area contributed by atoms with Crippen LogP contribution in [0.3, 0.4) is 0 Å². The van der Waals surface area contributed by atoms with E-state index >= 15 is 0 Å². The van der Waals surface area contributed by atoms with E-state index in [-0.39, 0.29) is 11.1 Å². The fourth-order valence-electron chi connectivity index (χ4n) is 3.65. The normalized spacial score (nSPS) is 15.4. The zero-order valence-corrected chi connectivity index (χ0v) is 18.4. The summed E-state index contributed by atoms with van der Waals surface area (Å²) in [5, 5.41) is 7.33. The molecule has 1 aliphatic heterocycles. The van der Waals surface area contributed by atoms with Gasteiger partial charge >= 0.3 is 0 Å². The highest BCUT2D eigenvalue weighted by Gasteiger charge is 2.19. The van der Waals surface area contributed by atoms with Gasteiger partial charge in [-0.15, -0.1) is 0 Å². The van der Waals surface area contributed by atoms with Crippen LogP contribution in [0.1, 0.15) is 18.4 Å². The maximum absolute atomic E-state index is 13.5. The van der Waals surface area contributed by atoms with Crippen LogP contribution in [-0.2, 0) is 0 Å². The zero-order chi connectivity index (χ0) is 22.5. The SMILES string of the molecule is CN=CC(=CN)c1cc2ncnc(Nc3ccc(F)c(Cl)c3)c2cc1OC1CCNCC1. The molecule has 0 saturated carbocycles. The summed E-state index contributed by atoms with van der Waals surface area (Å²) in [5.41, 5.74) is 8.74. The molecule has 0 unspecified atom stereocenters. The van der Waals surface area contributed by atoms with Crippen molar-refractivity contribution >= 4 is 45.8 Å². The molecule has 2 heterocycles. The molecule has 32 heavy (non-hydrogen) atoms. The van der Waals surface area contributed by atoms with E-state index in [9.17, 15) is 4.39 Å². The number of hydrogen-bond acceptors (Lipinski definition) is 7. The van der Waals surface area contributed by atoms with Crippen LogP contribution >= 0.6 is 11.6 Å². The minimum Gasteiger partial charge on any atom is -0.490 e. The number of nitrogens with two attached hydrogens (primary N) is 1. The van der Waals surface area contributed by atoms with Crippen LogP contribution in [0.4, 0.5) is 15.9 Å². The Kier molecular flexibility index (Phi) is 6.82. The Balaban J connectivity index is 1.79. The standard InChI is InChI=1S/C23H24ClFN6O/c1-27-12-14(11-26)17-9-21-18(10-22(17)32-16-4-6-28-7-5-16)23(30-13-29-21)31-15-2-3-20(25)19(24)8-15/h2-3,8-13,16,28H,4-7,26H2,1H3,(H,29,30,31). The number of rotatable bonds is 6. The van der Waals surface area contributed by atoms with Crippen molar-refractivity contribution in [2.75, 3.05) is 25.5 Å². The predicted molar refractivity (Wildman–Crippen MR) is 127 cm³/mol. The van der Waals surface area contributed by atoms with Gasteiger partial charge in [-0.25, -0.2) is 14.4 Å². The van der Waals surface area contributed by atoms with E-state index in [0.29, 0.717) is 22.8 Å². The Labute approximate surface area is 190 Å². The summed E-state index contributed by atoms with van der Waals surface area (Å²) in [4.78, 5) is 12.9. The van der Waals surface area contributed by atoms with Crippen molar-refractivity contribution in [2.24, 2.45) is 10.7 Å². The summed E-state index contributed by atoms with van der Waals surface area (Å²) < 4.78 is 20.0. The number of benzene rings is 2. The Morgan fingerprint density at radius 3 is 2.81 bits per heavy atom. The number of aromatic nitrogens is 2. The van der Waals surface area contributed by atoms with Gasteiger partial charge in [0.05, 0.1) is 10.5 Å². The Hall–Kier alpha value is -3.23. The average molecular weight is 455 g/mol. The number of halogens is 2. The molecule has 0 bridgehead atoms. The van der Waals surface area contributed by atoms with Crippen molar-refractivity contribution in [3.05, 3.63) is 59.3 Å². The number of allylic oxidation sites excluding steroid dienone is 1. The minimum absolute atomic E-state index is 0.0298. The van der Waals surface area contributed by atoms with Crippen molar-refractivity contribution in [2.45, 2.75) is 18.9 Å². The molecule has 0 amide bonds. The van der Waals surface area contributed by atoms with Gasteiger partial charge in [-0.05, 0) is 56.3 Å². The highest BCUT2D eigenvalue weighted by molar-refractivity contribution is 6.31. The summed E-state index contributed by atoms with van der Waals surface area (Å²) in [5.74, 6) is 0.753. The fraction of sp³-hybridized carbons (Fsp3) is 0.261. The van der Waals surface area contributed by atoms with Crippen molar-refractivity contribution in [3.63, 3.8) is 0 Å². The first-order valence-corrected chi connectivity index (χ1v) is 10.7. The van der Waals surface area contributed by atoms with Crippen molar-refractivity contribution in [3.8, 4) is 5.75 Å². The smallest absolute Gasteiger partial charge is 0.141 e. The number of nitrogens with one attached hydrogen (secondary N) is 2. The lowest BCUT2D eigenvalue weighted by Crippen LogP contribution is -2.34. The van der Waals surface area contributed by atoms with Gasteiger partial charge in [0.1, 0.15) is 29.8 Å². The molecule has 0 spiro atoms. The summed E-state index contributed by atoms with van der Waals surface area (Å²) >= 11 is 5.93. The molecular weight excluding hydrogens is 431 g/mol. The molecule has 0 radical (unpaired) electrons. The van der Waals surface area contributed by atoms with Crippen LogP contribution in [0.5, 0.6) is 5.75 Å². The molecule has 4 N–H and O–H groups in total. The summed E-state index contributed by atoms with van der Waals surface area (Å²) in [6.45, 7) is 1.82. The average Bonchev–Trinajstić information content (AvgIpc) is 2.81. The Bertz CT molecular complexity index is 1180. The minimum atomic E-state index is -0.481. The molecule has 1 fully saturated rings. The molecule has 7 nitrogen and oxygen atoms in total. The quantitative estimate of drug-likeness (QED) is 0.480. The Morgan fingerprint density at radius 2 is 2.09 bits per heavy atom. The number of aliphatic imine (C=N–C) groups is 1. The van der Waals surface area contributed by atoms with E-state index in [1.165, 1.54) is 24.7 Å². The lowest BCUT2D eigenvalue weighted by molar-refractivity contribution is 0.162. The van der Waals surface area contributed by atoms with Crippen LogP contribution in [0.2, 0.25) is 5.02 Å². The van der Waals surface area contributed by atoms with Crippen LogP contribution in [-0.4, -0.2) is 42.4 Å². The molecule has 2 aromatic carbocycles. The van der Waals surface area contributed by atoms with E-state index in [2.05, 4.69) is 25.6 Å². The largest absolute Gasteiger partial charge is 0.490 e. The predicted octanol–water partition coefficient (Wildman–Crippen LogP) is 4.30. The summed E-state index contributed by atoms with van der Waals surface area (Å²) in [6.07, 6.45) is 6.56. The van der Waals surface area contributed by atoms with Gasteiger partial charge in [0.15, 0.2) is 0 Å². The monoisotopic (exact) mass is 454 g/mol. The van der Waals surface area contributed by atoms with Gasteiger partial charge in [-0.1, -0.05) is 11.6 Å². The molecule has 0 aliphatic carbocycles. The third kappa shape index (κ3) is 4.81. The van der Waals surface area contributed by atoms with Gasteiger partial charge in [-0.2, -0.15) is 0 Å². The molecule has 166 valence electrons. The summed E-state index contributed by atoms with van der Waals surface area (Å²) in [7, 11) is 1.69. The molecule has 0 atom stereocenters. The van der Waals surface area contributed by atoms with E-state index < -0.39 is 5.82 Å². The maximum Gasteiger partial charge on any atom is 0.141 e. The molecule has 1 aromatic heterocycles. The van der Waals surface area contributed by atoms with Gasteiger partial charge < -0.3 is 21.1 Å². The zero-order valence-electron chi connectivity index (χ0n) is 17.6. The number of ether oxygens (including phenoxy) is 1. The lowest BCUT2D eigenvalue weighted by atomic mass is 10.0. The van der Waals surface area contributed by atoms with Gasteiger partial charge in [0.2, 0.25) is 0 Å². The van der Waals surface area contributed by atoms with E-state index in [1.54, 1.807) is 19.3 Å². The number of nitrogens with zero attached hydrogens (tertiary/aromatic N) is 3. The first kappa shape index (κ1) is 22.0. The maximum atomic E-state index is 13.5. The number of fused-ring (bicyclic) bond motifs is 1. The van der Waals surface area contributed by atoms with Crippen LogP contribution in [0.25, 0.3) is 16.5 Å². The molecule has 1 aliphatic rings. The molecule has 9 heteroatoms. The van der Waals surface area contributed by atoms with Gasteiger partial charge in [0, 0.05) is 41.7 Å². The van der Waals surface area contributed by atoms with Crippen LogP contribution in [0.15, 0.2) is 47.9 Å².